The first-order chi connectivity index (χ1) is 18.3. The largest absolute Gasteiger partial charge is 0.481 e. The number of aliphatic carboxylic acids is 1. The summed E-state index contributed by atoms with van der Waals surface area (Å²) in [4.78, 5) is 45.3. The number of para-hydroxylation sites is 1. The summed E-state index contributed by atoms with van der Waals surface area (Å²) in [7, 11) is -2.44. The van der Waals surface area contributed by atoms with E-state index < -0.39 is 51.8 Å². The number of carboxylic acid groups (broad SMARTS) is 1. The highest BCUT2D eigenvalue weighted by Crippen LogP contribution is 2.40. The summed E-state index contributed by atoms with van der Waals surface area (Å²) in [5.41, 5.74) is -0.533. The number of hydrogen-bond donors (Lipinski definition) is 1. The fraction of sp³-hybridized carbons (Fsp3) is 0.407. The van der Waals surface area contributed by atoms with Crippen molar-refractivity contribution in [3.8, 4) is 0 Å². The summed E-state index contributed by atoms with van der Waals surface area (Å²) in [5, 5.41) is 13.6. The number of oxime groups is 1. The molecule has 1 aliphatic heterocycles. The van der Waals surface area contributed by atoms with E-state index in [2.05, 4.69) is 21.1 Å². The molecule has 0 saturated heterocycles. The predicted molar refractivity (Wildman–Crippen MR) is 151 cm³/mol. The standard InChI is InChI=1S/C27H32BrN3O7S/c1-18(2)25(31(39(4,36)37)20-13-9-6-10-14-20)21-16-27(38-29-21,19-11-7-5-8-12-19)26(35)30(3)22(15-24(33)34)23(32)17-28/h5-14,18,22,25H,15-17H2,1-4H3,(H,33,34)/t22-,25-,27?/m0/s1. The van der Waals surface area contributed by atoms with Gasteiger partial charge in [0.25, 0.3) is 5.91 Å². The maximum Gasteiger partial charge on any atom is 0.305 e. The Morgan fingerprint density at radius 1 is 1.08 bits per heavy atom. The van der Waals surface area contributed by atoms with E-state index in [1.807, 2.05) is 13.8 Å². The highest BCUT2D eigenvalue weighted by molar-refractivity contribution is 9.09. The molecule has 2 aromatic carbocycles. The van der Waals surface area contributed by atoms with Gasteiger partial charge < -0.3 is 14.8 Å². The van der Waals surface area contributed by atoms with Crippen LogP contribution in [0.4, 0.5) is 5.69 Å². The number of carboxylic acids is 1. The lowest BCUT2D eigenvalue weighted by Gasteiger charge is -2.36. The summed E-state index contributed by atoms with van der Waals surface area (Å²) in [5.74, 6) is -2.65. The summed E-state index contributed by atoms with van der Waals surface area (Å²) >= 11 is 3.07. The number of hydrogen-bond acceptors (Lipinski definition) is 7. The first kappa shape index (κ1) is 30.3. The molecular weight excluding hydrogens is 590 g/mol. The number of likely N-dealkylation sites (N-methyl/N-ethyl adjacent to an activating group) is 1. The Morgan fingerprint density at radius 2 is 1.64 bits per heavy atom. The molecule has 12 heteroatoms. The minimum absolute atomic E-state index is 0.107. The molecule has 39 heavy (non-hydrogen) atoms. The number of sulfonamides is 1. The lowest BCUT2D eigenvalue weighted by Crippen LogP contribution is -2.54. The zero-order valence-corrected chi connectivity index (χ0v) is 24.6. The number of halogens is 1. The fourth-order valence-electron chi connectivity index (χ4n) is 4.79. The van der Waals surface area contributed by atoms with Gasteiger partial charge in [0.2, 0.25) is 15.6 Å². The van der Waals surface area contributed by atoms with Gasteiger partial charge in [-0.15, -0.1) is 0 Å². The van der Waals surface area contributed by atoms with Gasteiger partial charge in [-0.1, -0.05) is 83.5 Å². The molecule has 0 bridgehead atoms. The fourth-order valence-corrected chi connectivity index (χ4v) is 6.44. The van der Waals surface area contributed by atoms with Crippen molar-refractivity contribution in [1.82, 2.24) is 4.90 Å². The molecule has 1 unspecified atom stereocenters. The highest BCUT2D eigenvalue weighted by Gasteiger charge is 2.53. The average molecular weight is 623 g/mol. The zero-order chi connectivity index (χ0) is 29.0. The Hall–Kier alpha value is -3.25. The molecule has 3 rings (SSSR count). The van der Waals surface area contributed by atoms with E-state index >= 15 is 0 Å². The number of alkyl halides is 1. The van der Waals surface area contributed by atoms with Crippen LogP contribution in [0.1, 0.15) is 32.3 Å². The van der Waals surface area contributed by atoms with Gasteiger partial charge in [-0.3, -0.25) is 18.7 Å². The van der Waals surface area contributed by atoms with Crippen LogP contribution in [0.3, 0.4) is 0 Å². The average Bonchev–Trinajstić information content (AvgIpc) is 3.35. The highest BCUT2D eigenvalue weighted by atomic mass is 79.9. The number of carbonyl (C=O) groups is 3. The third-order valence-corrected chi connectivity index (χ3v) is 8.29. The molecule has 1 heterocycles. The Bertz CT molecular complexity index is 1340. The monoisotopic (exact) mass is 621 g/mol. The Labute approximate surface area is 236 Å². The van der Waals surface area contributed by atoms with Crippen molar-refractivity contribution in [2.45, 2.75) is 44.4 Å². The Morgan fingerprint density at radius 3 is 2.13 bits per heavy atom. The molecule has 1 N–H and O–H groups in total. The second kappa shape index (κ2) is 12.3. The quantitative estimate of drug-likeness (QED) is 0.359. The van der Waals surface area contributed by atoms with Crippen molar-refractivity contribution in [1.29, 1.82) is 0 Å². The minimum atomic E-state index is -3.79. The van der Waals surface area contributed by atoms with E-state index in [1.54, 1.807) is 60.7 Å². The van der Waals surface area contributed by atoms with Crippen LogP contribution in [-0.4, -0.2) is 72.5 Å². The molecule has 1 amide bonds. The van der Waals surface area contributed by atoms with Gasteiger partial charge in [0.1, 0.15) is 6.04 Å². The van der Waals surface area contributed by atoms with Gasteiger partial charge in [0, 0.05) is 19.0 Å². The Balaban J connectivity index is 2.10. The van der Waals surface area contributed by atoms with Crippen LogP contribution in [0.15, 0.2) is 65.8 Å². The third kappa shape index (κ3) is 6.50. The number of Topliss-reactive ketones (excluding diaryl/α,β-unsaturated/α-hetero) is 1. The number of carbonyl (C=O) groups excluding carboxylic acids is 2. The minimum Gasteiger partial charge on any atom is -0.481 e. The van der Waals surface area contributed by atoms with E-state index in [1.165, 1.54) is 11.4 Å². The van der Waals surface area contributed by atoms with Gasteiger partial charge >= 0.3 is 5.97 Å². The van der Waals surface area contributed by atoms with Crippen LogP contribution in [0, 0.1) is 5.92 Å². The topological polar surface area (TPSA) is 134 Å². The molecule has 0 spiro atoms. The van der Waals surface area contributed by atoms with E-state index in [4.69, 9.17) is 4.84 Å². The zero-order valence-electron chi connectivity index (χ0n) is 22.2. The number of amides is 1. The normalized spacial score (nSPS) is 18.6. The van der Waals surface area contributed by atoms with Crippen LogP contribution < -0.4 is 4.31 Å². The molecule has 1 aliphatic rings. The van der Waals surface area contributed by atoms with Crippen LogP contribution in [0.2, 0.25) is 0 Å². The summed E-state index contributed by atoms with van der Waals surface area (Å²) < 4.78 is 27.4. The third-order valence-electron chi connectivity index (χ3n) is 6.59. The smallest absolute Gasteiger partial charge is 0.305 e. The van der Waals surface area contributed by atoms with Crippen LogP contribution in [0.5, 0.6) is 0 Å². The van der Waals surface area contributed by atoms with Gasteiger partial charge in [-0.2, -0.15) is 0 Å². The maximum atomic E-state index is 14.1. The molecule has 0 aromatic heterocycles. The van der Waals surface area contributed by atoms with Crippen LogP contribution in [-0.2, 0) is 34.8 Å². The lowest BCUT2D eigenvalue weighted by molar-refractivity contribution is -0.160. The summed E-state index contributed by atoms with van der Waals surface area (Å²) in [6.45, 7) is 3.70. The van der Waals surface area contributed by atoms with Gasteiger partial charge in [-0.25, -0.2) is 8.42 Å². The molecule has 0 saturated carbocycles. The number of rotatable bonds is 12. The number of ketones is 1. The van der Waals surface area contributed by atoms with Crippen molar-refractivity contribution in [3.05, 3.63) is 66.2 Å². The number of nitrogens with zero attached hydrogens (tertiary/aromatic N) is 3. The van der Waals surface area contributed by atoms with Crippen molar-refractivity contribution >= 4 is 55.0 Å². The molecule has 2 aromatic rings. The van der Waals surface area contributed by atoms with E-state index in [9.17, 15) is 27.9 Å². The van der Waals surface area contributed by atoms with E-state index in [-0.39, 0.29) is 17.7 Å². The summed E-state index contributed by atoms with van der Waals surface area (Å²) in [6, 6.07) is 15.1. The van der Waals surface area contributed by atoms with E-state index in [0.29, 0.717) is 17.0 Å². The molecule has 10 nitrogen and oxygen atoms in total. The maximum absolute atomic E-state index is 14.1. The van der Waals surface area contributed by atoms with Gasteiger partial charge in [-0.05, 0) is 18.1 Å². The lowest BCUT2D eigenvalue weighted by atomic mass is 9.83. The van der Waals surface area contributed by atoms with Crippen molar-refractivity contribution in [2.75, 3.05) is 22.9 Å². The molecule has 0 aliphatic carbocycles. The number of anilines is 1. The van der Waals surface area contributed by atoms with Crippen LogP contribution in [0.25, 0.3) is 0 Å². The van der Waals surface area contributed by atoms with Gasteiger partial charge in [0.15, 0.2) is 5.78 Å². The first-order valence-electron chi connectivity index (χ1n) is 12.3. The van der Waals surface area contributed by atoms with Gasteiger partial charge in [0.05, 0.1) is 35.4 Å². The molecule has 0 radical (unpaired) electrons. The van der Waals surface area contributed by atoms with E-state index in [0.717, 1.165) is 11.2 Å². The van der Waals surface area contributed by atoms with Crippen molar-refractivity contribution < 1.29 is 32.7 Å². The first-order valence-corrected chi connectivity index (χ1v) is 15.2. The second-order valence-electron chi connectivity index (χ2n) is 9.76. The number of benzene rings is 2. The predicted octanol–water partition coefficient (Wildman–Crippen LogP) is 3.41. The second-order valence-corrected chi connectivity index (χ2v) is 12.2. The SMILES string of the molecule is CC(C)[C@@H](C1=NOC(C(=O)N(C)[C@@H](CC(=O)O)C(=O)CBr)(c2ccccc2)C1)N(c1ccccc1)S(C)(=O)=O. The van der Waals surface area contributed by atoms with Crippen molar-refractivity contribution in [2.24, 2.45) is 11.1 Å². The Kier molecular flexibility index (Phi) is 9.55. The molecule has 210 valence electrons. The van der Waals surface area contributed by atoms with Crippen LogP contribution >= 0.6 is 15.9 Å². The molecule has 3 atom stereocenters. The molecular formula is C27H32BrN3O7S. The molecule has 0 fully saturated rings. The summed E-state index contributed by atoms with van der Waals surface area (Å²) in [6.07, 6.45) is 0.414. The van der Waals surface area contributed by atoms with Crippen molar-refractivity contribution in [3.63, 3.8) is 0 Å².